The van der Waals surface area contributed by atoms with Crippen LogP contribution in [0, 0.1) is 0 Å². The number of piperidine rings is 1. The number of nitrogens with zero attached hydrogens (tertiary/aromatic N) is 2. The van der Waals surface area contributed by atoms with Crippen molar-refractivity contribution in [2.45, 2.75) is 24.8 Å². The van der Waals surface area contributed by atoms with Gasteiger partial charge in [-0.05, 0) is 24.9 Å². The zero-order chi connectivity index (χ0) is 14.7. The van der Waals surface area contributed by atoms with Crippen LogP contribution < -0.4 is 5.73 Å². The number of aliphatic hydroxyl groups excluding tert-OH is 1. The molecular weight excluding hydrogens is 282 g/mol. The second-order valence-electron chi connectivity index (χ2n) is 5.78. The van der Waals surface area contributed by atoms with E-state index in [4.69, 9.17) is 5.73 Å². The van der Waals surface area contributed by atoms with Crippen LogP contribution in [0.25, 0.3) is 0 Å². The molecule has 1 aromatic carbocycles. The number of thiazole rings is 1. The van der Waals surface area contributed by atoms with Gasteiger partial charge in [0.15, 0.2) is 5.13 Å². The molecule has 1 aromatic heterocycles. The molecule has 0 spiro atoms. The minimum absolute atomic E-state index is 0.143. The maximum Gasteiger partial charge on any atom is 0.180 e. The van der Waals surface area contributed by atoms with Crippen LogP contribution in [0.1, 0.15) is 23.3 Å². The van der Waals surface area contributed by atoms with Crippen LogP contribution in [0.4, 0.5) is 5.13 Å². The molecule has 0 radical (unpaired) electrons. The van der Waals surface area contributed by atoms with Gasteiger partial charge in [0, 0.05) is 29.6 Å². The first-order chi connectivity index (χ1) is 10.2. The molecule has 3 N–H and O–H groups in total. The first-order valence-electron chi connectivity index (χ1n) is 7.31. The van der Waals surface area contributed by atoms with E-state index in [2.05, 4.69) is 34.1 Å². The Morgan fingerprint density at radius 3 is 2.81 bits per heavy atom. The minimum Gasteiger partial charge on any atom is -0.395 e. The van der Waals surface area contributed by atoms with Crippen LogP contribution in [-0.2, 0) is 12.0 Å². The molecule has 1 atom stereocenters. The number of nitrogen functional groups attached to an aromatic ring is 1. The van der Waals surface area contributed by atoms with E-state index in [0.717, 1.165) is 32.5 Å². The fourth-order valence-corrected chi connectivity index (χ4v) is 3.95. The van der Waals surface area contributed by atoms with Gasteiger partial charge < -0.3 is 10.8 Å². The van der Waals surface area contributed by atoms with Crippen LogP contribution in [0.15, 0.2) is 36.5 Å². The highest BCUT2D eigenvalue weighted by Crippen LogP contribution is 2.34. The number of benzene rings is 1. The van der Waals surface area contributed by atoms with E-state index < -0.39 is 0 Å². The zero-order valence-corrected chi connectivity index (χ0v) is 12.9. The number of aliphatic hydroxyl groups is 1. The van der Waals surface area contributed by atoms with Crippen LogP contribution in [0.2, 0.25) is 0 Å². The van der Waals surface area contributed by atoms with Gasteiger partial charge in [-0.1, -0.05) is 30.3 Å². The molecule has 1 saturated heterocycles. The Labute approximate surface area is 129 Å². The van der Waals surface area contributed by atoms with E-state index in [0.29, 0.717) is 5.13 Å². The standard InChI is InChI=1S/C16H21N3OS/c17-15-18-9-14(21-15)10-19-8-4-7-16(11-19,12-20)13-5-2-1-3-6-13/h1-3,5-6,9,20H,4,7-8,10-12H2,(H2,17,18). The van der Waals surface area contributed by atoms with Gasteiger partial charge in [-0.25, -0.2) is 4.98 Å². The van der Waals surface area contributed by atoms with Crippen molar-refractivity contribution < 1.29 is 5.11 Å². The molecule has 0 saturated carbocycles. The van der Waals surface area contributed by atoms with Crippen LogP contribution in [0.3, 0.4) is 0 Å². The molecule has 112 valence electrons. The Morgan fingerprint density at radius 2 is 2.14 bits per heavy atom. The molecule has 1 aliphatic rings. The van der Waals surface area contributed by atoms with Crippen molar-refractivity contribution in [2.75, 3.05) is 25.4 Å². The van der Waals surface area contributed by atoms with Crippen LogP contribution in [-0.4, -0.2) is 34.7 Å². The average Bonchev–Trinajstić information content (AvgIpc) is 2.93. The van der Waals surface area contributed by atoms with Gasteiger partial charge in [-0.2, -0.15) is 0 Å². The Morgan fingerprint density at radius 1 is 1.33 bits per heavy atom. The smallest absolute Gasteiger partial charge is 0.180 e. The van der Waals surface area contributed by atoms with Crippen molar-refractivity contribution in [3.8, 4) is 0 Å². The molecule has 0 aliphatic carbocycles. The summed E-state index contributed by atoms with van der Waals surface area (Å²) >= 11 is 1.55. The van der Waals surface area contributed by atoms with Gasteiger partial charge in [0.25, 0.3) is 0 Å². The largest absolute Gasteiger partial charge is 0.395 e. The van der Waals surface area contributed by atoms with E-state index in [1.54, 1.807) is 11.3 Å². The highest BCUT2D eigenvalue weighted by atomic mass is 32.1. The fourth-order valence-electron chi connectivity index (χ4n) is 3.23. The second kappa shape index (κ2) is 6.13. The number of rotatable bonds is 4. The number of hydrogen-bond donors (Lipinski definition) is 2. The van der Waals surface area contributed by atoms with E-state index in [1.807, 2.05) is 12.3 Å². The van der Waals surface area contributed by atoms with Crippen molar-refractivity contribution >= 4 is 16.5 Å². The van der Waals surface area contributed by atoms with Gasteiger partial charge in [0.05, 0.1) is 6.61 Å². The predicted octanol–water partition coefficient (Wildman–Crippen LogP) is 2.25. The van der Waals surface area contributed by atoms with Gasteiger partial charge in [-0.15, -0.1) is 11.3 Å². The molecule has 0 amide bonds. The molecule has 4 nitrogen and oxygen atoms in total. The molecule has 1 aliphatic heterocycles. The predicted molar refractivity (Wildman–Crippen MR) is 86.2 cm³/mol. The lowest BCUT2D eigenvalue weighted by Gasteiger charge is -2.42. The van der Waals surface area contributed by atoms with E-state index in [-0.39, 0.29) is 12.0 Å². The Hall–Kier alpha value is -1.43. The summed E-state index contributed by atoms with van der Waals surface area (Å²) in [6, 6.07) is 10.4. The molecule has 1 unspecified atom stereocenters. The molecule has 2 aromatic rings. The molecule has 5 heteroatoms. The number of nitrogens with two attached hydrogens (primary N) is 1. The molecular formula is C16H21N3OS. The maximum atomic E-state index is 10.0. The van der Waals surface area contributed by atoms with Crippen molar-refractivity contribution in [2.24, 2.45) is 0 Å². The molecule has 3 rings (SSSR count). The zero-order valence-electron chi connectivity index (χ0n) is 12.0. The highest BCUT2D eigenvalue weighted by Gasteiger charge is 2.36. The summed E-state index contributed by atoms with van der Waals surface area (Å²) in [5.41, 5.74) is 6.80. The third-order valence-electron chi connectivity index (χ3n) is 4.30. The lowest BCUT2D eigenvalue weighted by atomic mass is 9.75. The number of likely N-dealkylation sites (tertiary alicyclic amines) is 1. The summed E-state index contributed by atoms with van der Waals surface area (Å²) in [7, 11) is 0. The van der Waals surface area contributed by atoms with E-state index in [9.17, 15) is 5.11 Å². The van der Waals surface area contributed by atoms with Gasteiger partial charge in [0.2, 0.25) is 0 Å². The summed E-state index contributed by atoms with van der Waals surface area (Å²) in [5.74, 6) is 0. The number of aromatic nitrogens is 1. The fraction of sp³-hybridized carbons (Fsp3) is 0.438. The monoisotopic (exact) mass is 303 g/mol. The summed E-state index contributed by atoms with van der Waals surface area (Å²) in [5, 5.41) is 10.7. The Kier molecular flexibility index (Phi) is 4.24. The van der Waals surface area contributed by atoms with Gasteiger partial charge >= 0.3 is 0 Å². The molecule has 0 bridgehead atoms. The van der Waals surface area contributed by atoms with Crippen molar-refractivity contribution in [3.63, 3.8) is 0 Å². The number of anilines is 1. The SMILES string of the molecule is Nc1ncc(CN2CCCC(CO)(c3ccccc3)C2)s1. The summed E-state index contributed by atoms with van der Waals surface area (Å²) in [4.78, 5) is 7.71. The molecule has 2 heterocycles. The third-order valence-corrected chi connectivity index (χ3v) is 5.11. The van der Waals surface area contributed by atoms with Crippen LogP contribution in [0.5, 0.6) is 0 Å². The average molecular weight is 303 g/mol. The molecule has 1 fully saturated rings. The maximum absolute atomic E-state index is 10.0. The van der Waals surface area contributed by atoms with E-state index >= 15 is 0 Å². The second-order valence-corrected chi connectivity index (χ2v) is 6.93. The van der Waals surface area contributed by atoms with Crippen molar-refractivity contribution in [1.82, 2.24) is 9.88 Å². The lowest BCUT2D eigenvalue weighted by molar-refractivity contribution is 0.0856. The van der Waals surface area contributed by atoms with Crippen molar-refractivity contribution in [1.29, 1.82) is 0 Å². The summed E-state index contributed by atoms with van der Waals surface area (Å²) in [6.07, 6.45) is 4.00. The quantitative estimate of drug-likeness (QED) is 0.909. The van der Waals surface area contributed by atoms with Crippen molar-refractivity contribution in [3.05, 3.63) is 47.0 Å². The normalized spacial score (nSPS) is 23.3. The Balaban J connectivity index is 1.77. The molecule has 21 heavy (non-hydrogen) atoms. The summed E-state index contributed by atoms with van der Waals surface area (Å²) in [6.45, 7) is 3.00. The summed E-state index contributed by atoms with van der Waals surface area (Å²) < 4.78 is 0. The van der Waals surface area contributed by atoms with Gasteiger partial charge in [-0.3, -0.25) is 4.90 Å². The topological polar surface area (TPSA) is 62.4 Å². The first kappa shape index (κ1) is 14.5. The number of hydrogen-bond acceptors (Lipinski definition) is 5. The first-order valence-corrected chi connectivity index (χ1v) is 8.12. The Bertz CT molecular complexity index is 586. The van der Waals surface area contributed by atoms with E-state index in [1.165, 1.54) is 10.4 Å². The highest BCUT2D eigenvalue weighted by molar-refractivity contribution is 7.15. The van der Waals surface area contributed by atoms with Gasteiger partial charge in [0.1, 0.15) is 0 Å². The minimum atomic E-state index is -0.143. The van der Waals surface area contributed by atoms with Crippen LogP contribution >= 0.6 is 11.3 Å². The lowest BCUT2D eigenvalue weighted by Crippen LogP contribution is -2.47. The third kappa shape index (κ3) is 3.10.